The van der Waals surface area contributed by atoms with Crippen LogP contribution in [0.15, 0.2) is 84.2 Å². The molecule has 0 unspecified atom stereocenters. The van der Waals surface area contributed by atoms with Crippen LogP contribution in [0.25, 0.3) is 33.3 Å². The predicted molar refractivity (Wildman–Crippen MR) is 135 cm³/mol. The van der Waals surface area contributed by atoms with Crippen molar-refractivity contribution in [1.82, 2.24) is 19.9 Å². The fourth-order valence-electron chi connectivity index (χ4n) is 3.37. The van der Waals surface area contributed by atoms with E-state index >= 15 is 0 Å². The van der Waals surface area contributed by atoms with Crippen LogP contribution in [0.5, 0.6) is 0 Å². The van der Waals surface area contributed by atoms with E-state index in [4.69, 9.17) is 11.5 Å². The molecule has 0 fully saturated rings. The Hall–Kier alpha value is -4.59. The number of nitrogens with one attached hydrogen (secondary N) is 3. The Morgan fingerprint density at radius 3 is 1.91 bits per heavy atom. The molecular weight excluding hydrogens is 416 g/mol. The molecule has 3 heterocycles. The number of carbonyl (C=O) groups is 1. The molecule has 0 atom stereocenters. The van der Waals surface area contributed by atoms with Gasteiger partial charge in [-0.15, -0.1) is 0 Å². The van der Waals surface area contributed by atoms with Crippen molar-refractivity contribution in [3.63, 3.8) is 0 Å². The highest BCUT2D eigenvalue weighted by Gasteiger charge is 2.15. The van der Waals surface area contributed by atoms with Crippen molar-refractivity contribution in [2.24, 2.45) is 5.73 Å². The number of nitrogens with zero attached hydrogens (tertiary/aromatic N) is 1. The van der Waals surface area contributed by atoms with Crippen molar-refractivity contribution in [2.45, 2.75) is 14.9 Å². The lowest BCUT2D eigenvalue weighted by atomic mass is 10.0. The number of aromatic nitrogens is 4. The fourth-order valence-corrected chi connectivity index (χ4v) is 3.37. The standard InChI is InChI=1S/C12H9N3O.C11H11N3O.2CH4/c16-12-10-9(8-4-2-1-3-5-8)6-13-11(10)14-7-15-12;12-10-9(11(13)15)8(6-14-10)7-4-2-1-3-5-7;;/h1-7H,(H2,13,14,15,16);1-6,14H,12H2,(H2,13,15);2*1H4. The Labute approximate surface area is 191 Å². The summed E-state index contributed by atoms with van der Waals surface area (Å²) in [5.74, 6) is -0.214. The van der Waals surface area contributed by atoms with Crippen molar-refractivity contribution < 1.29 is 4.79 Å². The van der Waals surface area contributed by atoms with Crippen LogP contribution >= 0.6 is 0 Å². The van der Waals surface area contributed by atoms with Crippen LogP contribution in [0, 0.1) is 0 Å². The zero-order valence-electron chi connectivity index (χ0n) is 16.4. The molecule has 3 aromatic heterocycles. The van der Waals surface area contributed by atoms with E-state index in [0.29, 0.717) is 22.4 Å². The Kier molecular flexibility index (Phi) is 7.95. The first-order valence-corrected chi connectivity index (χ1v) is 9.48. The molecule has 5 rings (SSSR count). The number of hydrogen-bond acceptors (Lipinski definition) is 4. The van der Waals surface area contributed by atoms with Crippen LogP contribution in [-0.4, -0.2) is 25.8 Å². The van der Waals surface area contributed by atoms with Gasteiger partial charge in [-0.3, -0.25) is 9.59 Å². The van der Waals surface area contributed by atoms with Gasteiger partial charge < -0.3 is 26.4 Å². The van der Waals surface area contributed by atoms with Gasteiger partial charge in [0.2, 0.25) is 0 Å². The van der Waals surface area contributed by atoms with E-state index in [1.54, 1.807) is 6.20 Å². The molecule has 170 valence electrons. The monoisotopic (exact) mass is 444 g/mol. The molecule has 2 aromatic carbocycles. The third kappa shape index (κ3) is 5.01. The minimum atomic E-state index is -0.521. The van der Waals surface area contributed by atoms with Crippen LogP contribution in [0.2, 0.25) is 0 Å². The zero-order valence-corrected chi connectivity index (χ0v) is 16.4. The lowest BCUT2D eigenvalue weighted by molar-refractivity contribution is 0.100. The first-order chi connectivity index (χ1) is 15.1. The second kappa shape index (κ2) is 10.6. The highest BCUT2D eigenvalue weighted by molar-refractivity contribution is 6.04. The van der Waals surface area contributed by atoms with Gasteiger partial charge in [0.1, 0.15) is 11.5 Å². The summed E-state index contributed by atoms with van der Waals surface area (Å²) in [6.07, 6.45) is 4.89. The molecule has 33 heavy (non-hydrogen) atoms. The summed E-state index contributed by atoms with van der Waals surface area (Å²) in [4.78, 5) is 35.4. The van der Waals surface area contributed by atoms with Gasteiger partial charge in [0.25, 0.3) is 11.5 Å². The molecule has 8 heteroatoms. The first kappa shape index (κ1) is 24.7. The number of H-pyrrole nitrogens is 3. The van der Waals surface area contributed by atoms with Crippen LogP contribution in [-0.2, 0) is 0 Å². The average molecular weight is 445 g/mol. The molecule has 1 amide bonds. The maximum Gasteiger partial charge on any atom is 0.260 e. The van der Waals surface area contributed by atoms with E-state index in [1.165, 1.54) is 6.33 Å². The number of primary amides is 1. The third-order valence-corrected chi connectivity index (χ3v) is 4.80. The molecule has 0 bridgehead atoms. The highest BCUT2D eigenvalue weighted by atomic mass is 16.1. The van der Waals surface area contributed by atoms with Gasteiger partial charge in [-0.2, -0.15) is 0 Å². The Balaban J connectivity index is 0.000000221. The quantitative estimate of drug-likeness (QED) is 0.278. The van der Waals surface area contributed by atoms with Crippen LogP contribution in [0.3, 0.4) is 0 Å². The van der Waals surface area contributed by atoms with Gasteiger partial charge in [-0.25, -0.2) is 4.98 Å². The second-order valence-corrected chi connectivity index (χ2v) is 6.74. The van der Waals surface area contributed by atoms with Crippen LogP contribution in [0.1, 0.15) is 25.2 Å². The summed E-state index contributed by atoms with van der Waals surface area (Å²) in [7, 11) is 0. The van der Waals surface area contributed by atoms with Crippen molar-refractivity contribution in [3.8, 4) is 22.3 Å². The van der Waals surface area contributed by atoms with E-state index in [1.807, 2.05) is 66.9 Å². The Morgan fingerprint density at radius 2 is 1.33 bits per heavy atom. The smallest absolute Gasteiger partial charge is 0.260 e. The van der Waals surface area contributed by atoms with Crippen LogP contribution in [0.4, 0.5) is 5.82 Å². The zero-order chi connectivity index (χ0) is 21.8. The third-order valence-electron chi connectivity index (χ3n) is 4.80. The molecule has 0 spiro atoms. The van der Waals surface area contributed by atoms with Gasteiger partial charge in [0, 0.05) is 23.5 Å². The average Bonchev–Trinajstić information content (AvgIpc) is 3.40. The summed E-state index contributed by atoms with van der Waals surface area (Å²) < 4.78 is 0. The number of anilines is 1. The van der Waals surface area contributed by atoms with Gasteiger partial charge in [0.05, 0.1) is 17.3 Å². The maximum absolute atomic E-state index is 11.7. The van der Waals surface area contributed by atoms with Crippen molar-refractivity contribution in [3.05, 3.63) is 95.3 Å². The molecular formula is C25H28N6O2. The van der Waals surface area contributed by atoms with E-state index in [-0.39, 0.29) is 20.4 Å². The first-order valence-electron chi connectivity index (χ1n) is 9.48. The van der Waals surface area contributed by atoms with Gasteiger partial charge in [-0.05, 0) is 11.1 Å². The number of amides is 1. The molecule has 0 aliphatic carbocycles. The van der Waals surface area contributed by atoms with Crippen molar-refractivity contribution in [1.29, 1.82) is 0 Å². The minimum Gasteiger partial charge on any atom is -0.385 e. The summed E-state index contributed by atoms with van der Waals surface area (Å²) in [6, 6.07) is 19.3. The van der Waals surface area contributed by atoms with Gasteiger partial charge in [-0.1, -0.05) is 75.5 Å². The fraction of sp³-hybridized carbons (Fsp3) is 0.0800. The molecule has 0 saturated carbocycles. The lowest BCUT2D eigenvalue weighted by Gasteiger charge is -2.00. The number of carbonyl (C=O) groups excluding carboxylic acids is 1. The number of nitrogen functional groups attached to an aromatic ring is 1. The minimum absolute atomic E-state index is 0. The SMILES string of the molecule is C.C.NC(=O)c1c(-c2ccccc2)c[nH]c1N.O=c1[nH]cnc2[nH]cc(-c3ccccc3)c12. The molecule has 8 nitrogen and oxygen atoms in total. The topological polar surface area (TPSA) is 146 Å². The van der Waals surface area contributed by atoms with Crippen molar-refractivity contribution in [2.75, 3.05) is 5.73 Å². The molecule has 0 saturated heterocycles. The Morgan fingerprint density at radius 1 is 0.788 bits per heavy atom. The van der Waals surface area contributed by atoms with E-state index in [0.717, 1.165) is 22.3 Å². The molecule has 0 aliphatic rings. The largest absolute Gasteiger partial charge is 0.385 e. The number of hydrogen-bond donors (Lipinski definition) is 5. The molecule has 5 aromatic rings. The second-order valence-electron chi connectivity index (χ2n) is 6.74. The van der Waals surface area contributed by atoms with Crippen LogP contribution < -0.4 is 17.0 Å². The summed E-state index contributed by atoms with van der Waals surface area (Å²) >= 11 is 0. The van der Waals surface area contributed by atoms with E-state index in [2.05, 4.69) is 19.9 Å². The van der Waals surface area contributed by atoms with Gasteiger partial charge >= 0.3 is 0 Å². The highest BCUT2D eigenvalue weighted by Crippen LogP contribution is 2.27. The summed E-state index contributed by atoms with van der Waals surface area (Å²) in [6.45, 7) is 0. The van der Waals surface area contributed by atoms with E-state index < -0.39 is 5.91 Å². The molecule has 0 aliphatic heterocycles. The lowest BCUT2D eigenvalue weighted by Crippen LogP contribution is -2.13. The van der Waals surface area contributed by atoms with E-state index in [9.17, 15) is 9.59 Å². The van der Waals surface area contributed by atoms with Gasteiger partial charge in [0.15, 0.2) is 0 Å². The summed E-state index contributed by atoms with van der Waals surface area (Å²) in [5, 5.41) is 0.605. The van der Waals surface area contributed by atoms with Crippen molar-refractivity contribution >= 4 is 22.8 Å². The molecule has 7 N–H and O–H groups in total. The molecule has 0 radical (unpaired) electrons. The Bertz CT molecular complexity index is 1380. The predicted octanol–water partition coefficient (Wildman–Crippen LogP) is 4.55. The number of rotatable bonds is 3. The number of nitrogens with two attached hydrogens (primary N) is 2. The number of aromatic amines is 3. The maximum atomic E-state index is 11.7. The number of fused-ring (bicyclic) bond motifs is 1. The summed E-state index contributed by atoms with van der Waals surface area (Å²) in [5.41, 5.74) is 15.3. The number of benzene rings is 2. The normalized spacial score (nSPS) is 9.82.